The fourth-order valence-electron chi connectivity index (χ4n) is 2.02. The van der Waals surface area contributed by atoms with Crippen LogP contribution in [-0.4, -0.2) is 13.3 Å². The number of benzene rings is 1. The topological polar surface area (TPSA) is 43.1 Å². The molecule has 2 N–H and O–H groups in total. The van der Waals surface area contributed by atoms with E-state index in [1.807, 2.05) is 6.07 Å². The molecule has 15 heavy (non-hydrogen) atoms. The molecule has 82 valence electrons. The van der Waals surface area contributed by atoms with Gasteiger partial charge in [0.25, 0.3) is 0 Å². The van der Waals surface area contributed by atoms with Crippen molar-refractivity contribution >= 4 is 18.1 Å². The molecule has 0 aromatic heterocycles. The lowest BCUT2D eigenvalue weighted by Crippen LogP contribution is -2.15. The van der Waals surface area contributed by atoms with Crippen LogP contribution in [0.3, 0.4) is 0 Å². The zero-order valence-corrected chi connectivity index (χ0v) is 10.3. The third-order valence-electron chi connectivity index (χ3n) is 3.21. The SMILES string of the molecule is CP(C)(=O)c1cc(C2CCC2)ccc1N. The maximum atomic E-state index is 12.0. The van der Waals surface area contributed by atoms with Crippen molar-refractivity contribution in [1.82, 2.24) is 0 Å². The Morgan fingerprint density at radius 1 is 1.33 bits per heavy atom. The number of anilines is 1. The average Bonchev–Trinajstić information content (AvgIpc) is 2.03. The van der Waals surface area contributed by atoms with Gasteiger partial charge in [0.05, 0.1) is 0 Å². The van der Waals surface area contributed by atoms with Gasteiger partial charge in [0, 0.05) is 11.0 Å². The quantitative estimate of drug-likeness (QED) is 0.618. The molecule has 1 aliphatic rings. The Morgan fingerprint density at radius 2 is 2.00 bits per heavy atom. The highest BCUT2D eigenvalue weighted by Gasteiger charge is 2.22. The normalized spacial score (nSPS) is 17.5. The lowest BCUT2D eigenvalue weighted by Gasteiger charge is -2.26. The average molecular weight is 223 g/mol. The van der Waals surface area contributed by atoms with Crippen molar-refractivity contribution in [3.8, 4) is 0 Å². The zero-order chi connectivity index (χ0) is 11.1. The van der Waals surface area contributed by atoms with Crippen LogP contribution in [0, 0.1) is 0 Å². The van der Waals surface area contributed by atoms with Crippen LogP contribution in [0.5, 0.6) is 0 Å². The Hall–Kier alpha value is -0.750. The molecule has 2 rings (SSSR count). The highest BCUT2D eigenvalue weighted by Crippen LogP contribution is 2.41. The third kappa shape index (κ3) is 2.10. The first-order valence-corrected chi connectivity index (χ1v) is 8.03. The number of nitrogen functional groups attached to an aromatic ring is 1. The number of nitrogens with two attached hydrogens (primary N) is 1. The summed E-state index contributed by atoms with van der Waals surface area (Å²) in [6, 6.07) is 6.04. The first-order chi connectivity index (χ1) is 6.98. The van der Waals surface area contributed by atoms with Crippen molar-refractivity contribution in [2.75, 3.05) is 19.1 Å². The molecule has 0 unspecified atom stereocenters. The van der Waals surface area contributed by atoms with E-state index in [0.29, 0.717) is 11.6 Å². The van der Waals surface area contributed by atoms with Gasteiger partial charge in [-0.1, -0.05) is 12.5 Å². The number of rotatable bonds is 2. The Kier molecular flexibility index (Phi) is 2.64. The second-order valence-corrected chi connectivity index (χ2v) is 7.98. The summed E-state index contributed by atoms with van der Waals surface area (Å²) in [6.07, 6.45) is 3.85. The van der Waals surface area contributed by atoms with Gasteiger partial charge in [-0.15, -0.1) is 0 Å². The van der Waals surface area contributed by atoms with Crippen LogP contribution in [-0.2, 0) is 4.57 Å². The van der Waals surface area contributed by atoms with Gasteiger partial charge in [-0.25, -0.2) is 0 Å². The Bertz CT molecular complexity index is 418. The first kappa shape index (κ1) is 10.8. The van der Waals surface area contributed by atoms with Gasteiger partial charge in [0.15, 0.2) is 0 Å². The van der Waals surface area contributed by atoms with E-state index in [2.05, 4.69) is 12.1 Å². The highest BCUT2D eigenvalue weighted by atomic mass is 31.2. The van der Waals surface area contributed by atoms with Crippen molar-refractivity contribution < 1.29 is 4.57 Å². The summed E-state index contributed by atoms with van der Waals surface area (Å²) >= 11 is 0. The molecule has 1 saturated carbocycles. The minimum Gasteiger partial charge on any atom is -0.398 e. The van der Waals surface area contributed by atoms with Crippen molar-refractivity contribution in [2.24, 2.45) is 0 Å². The predicted octanol–water partition coefficient (Wildman–Crippen LogP) is 2.78. The molecular formula is C12H18NOP. The molecule has 0 spiro atoms. The van der Waals surface area contributed by atoms with E-state index in [9.17, 15) is 4.57 Å². The molecule has 1 aliphatic carbocycles. The predicted molar refractivity (Wildman–Crippen MR) is 66.5 cm³/mol. The summed E-state index contributed by atoms with van der Waals surface area (Å²) in [5, 5.41) is 0.854. The molecule has 0 atom stereocenters. The van der Waals surface area contributed by atoms with Crippen LogP contribution in [0.1, 0.15) is 30.7 Å². The fraction of sp³-hybridized carbons (Fsp3) is 0.500. The van der Waals surface area contributed by atoms with E-state index >= 15 is 0 Å². The van der Waals surface area contributed by atoms with Gasteiger partial charge in [-0.05, 0) is 49.8 Å². The summed E-state index contributed by atoms with van der Waals surface area (Å²) in [4.78, 5) is 0. The van der Waals surface area contributed by atoms with Crippen molar-refractivity contribution in [2.45, 2.75) is 25.2 Å². The van der Waals surface area contributed by atoms with E-state index < -0.39 is 7.14 Å². The van der Waals surface area contributed by atoms with Crippen LogP contribution < -0.4 is 11.0 Å². The highest BCUT2D eigenvalue weighted by molar-refractivity contribution is 7.70. The monoisotopic (exact) mass is 223 g/mol. The van der Waals surface area contributed by atoms with Crippen LogP contribution in [0.15, 0.2) is 18.2 Å². The maximum Gasteiger partial charge on any atom is 0.111 e. The van der Waals surface area contributed by atoms with E-state index in [-0.39, 0.29) is 0 Å². The van der Waals surface area contributed by atoms with Crippen LogP contribution in [0.4, 0.5) is 5.69 Å². The molecule has 0 saturated heterocycles. The Labute approximate surface area is 91.2 Å². The van der Waals surface area contributed by atoms with Crippen molar-refractivity contribution in [3.05, 3.63) is 23.8 Å². The van der Waals surface area contributed by atoms with Gasteiger partial charge in [-0.2, -0.15) is 0 Å². The smallest absolute Gasteiger partial charge is 0.111 e. The second-order valence-electron chi connectivity index (χ2n) is 4.80. The lowest BCUT2D eigenvalue weighted by molar-refractivity contribution is 0.420. The first-order valence-electron chi connectivity index (χ1n) is 5.43. The Balaban J connectivity index is 2.40. The fourth-order valence-corrected chi connectivity index (χ4v) is 3.18. The molecule has 0 amide bonds. The molecule has 0 aliphatic heterocycles. The van der Waals surface area contributed by atoms with E-state index in [0.717, 1.165) is 5.30 Å². The minimum atomic E-state index is -2.23. The van der Waals surface area contributed by atoms with Gasteiger partial charge >= 0.3 is 0 Å². The molecule has 3 heteroatoms. The molecule has 2 nitrogen and oxygen atoms in total. The number of hydrogen-bond donors (Lipinski definition) is 1. The summed E-state index contributed by atoms with van der Waals surface area (Å²) < 4.78 is 12.0. The van der Waals surface area contributed by atoms with E-state index in [1.54, 1.807) is 13.3 Å². The van der Waals surface area contributed by atoms with E-state index in [1.165, 1.54) is 24.8 Å². The van der Waals surface area contributed by atoms with Gasteiger partial charge < -0.3 is 10.3 Å². The zero-order valence-electron chi connectivity index (χ0n) is 9.36. The minimum absolute atomic E-state index is 0.673. The summed E-state index contributed by atoms with van der Waals surface area (Å²) in [5.74, 6) is 0.677. The largest absolute Gasteiger partial charge is 0.398 e. The second kappa shape index (κ2) is 3.68. The maximum absolute atomic E-state index is 12.0. The summed E-state index contributed by atoms with van der Waals surface area (Å²) in [7, 11) is -2.23. The molecule has 1 fully saturated rings. The van der Waals surface area contributed by atoms with Gasteiger partial charge in [-0.3, -0.25) is 0 Å². The molecule has 0 heterocycles. The molecule has 1 aromatic carbocycles. The van der Waals surface area contributed by atoms with Gasteiger partial charge in [0.1, 0.15) is 7.14 Å². The Morgan fingerprint density at radius 3 is 2.47 bits per heavy atom. The third-order valence-corrected chi connectivity index (χ3v) is 4.76. The standard InChI is InChI=1S/C12H18NOP/c1-15(2,14)12-8-10(6-7-11(12)13)9-4-3-5-9/h6-9H,3-5,13H2,1-2H3. The molecular weight excluding hydrogens is 205 g/mol. The van der Waals surface area contributed by atoms with Crippen LogP contribution >= 0.6 is 7.14 Å². The van der Waals surface area contributed by atoms with Crippen molar-refractivity contribution in [3.63, 3.8) is 0 Å². The number of hydrogen-bond acceptors (Lipinski definition) is 2. The summed E-state index contributed by atoms with van der Waals surface area (Å²) in [6.45, 7) is 3.56. The van der Waals surface area contributed by atoms with Crippen molar-refractivity contribution in [1.29, 1.82) is 0 Å². The lowest BCUT2D eigenvalue weighted by atomic mass is 9.80. The van der Waals surface area contributed by atoms with Gasteiger partial charge in [0.2, 0.25) is 0 Å². The molecule has 0 radical (unpaired) electrons. The molecule has 1 aromatic rings. The van der Waals surface area contributed by atoms with E-state index in [4.69, 9.17) is 5.73 Å². The summed E-state index contributed by atoms with van der Waals surface area (Å²) in [5.41, 5.74) is 7.85. The van der Waals surface area contributed by atoms with Crippen LogP contribution in [0.2, 0.25) is 0 Å². The molecule has 0 bridgehead atoms. The van der Waals surface area contributed by atoms with Crippen LogP contribution in [0.25, 0.3) is 0 Å².